The van der Waals surface area contributed by atoms with Crippen LogP contribution in [0.15, 0.2) is 57.7 Å². The lowest BCUT2D eigenvalue weighted by Gasteiger charge is -2.16. The second-order valence-electron chi connectivity index (χ2n) is 5.07. The molecule has 0 aliphatic heterocycles. The lowest BCUT2D eigenvalue weighted by Crippen LogP contribution is -2.11. The average molecular weight is 254 g/mol. The number of allylic oxidation sites excluding steroid dienone is 10. The van der Waals surface area contributed by atoms with Crippen molar-refractivity contribution in [3.63, 3.8) is 0 Å². The largest absolute Gasteiger partial charge is 0.289 e. The highest BCUT2D eigenvalue weighted by Crippen LogP contribution is 2.27. The van der Waals surface area contributed by atoms with Gasteiger partial charge in [-0.25, -0.2) is 0 Å². The molecule has 2 nitrogen and oxygen atoms in total. The number of hydrogen-bond donors (Lipinski definition) is 0. The van der Waals surface area contributed by atoms with Crippen molar-refractivity contribution in [3.05, 3.63) is 57.7 Å². The normalized spacial score (nSPS) is 20.0. The Morgan fingerprint density at radius 1 is 0.737 bits per heavy atom. The fourth-order valence-electron chi connectivity index (χ4n) is 2.39. The van der Waals surface area contributed by atoms with Gasteiger partial charge in [-0.2, -0.15) is 0 Å². The number of carbonyl (C=O) groups is 2. The highest BCUT2D eigenvalue weighted by molar-refractivity contribution is 6.11. The van der Waals surface area contributed by atoms with Crippen LogP contribution in [0, 0.1) is 0 Å². The first kappa shape index (κ1) is 13.5. The molecule has 19 heavy (non-hydrogen) atoms. The minimum Gasteiger partial charge on any atom is -0.289 e. The highest BCUT2D eigenvalue weighted by atomic mass is 16.1. The smallest absolute Gasteiger partial charge is 0.184 e. The van der Waals surface area contributed by atoms with Gasteiger partial charge in [-0.05, 0) is 79.4 Å². The van der Waals surface area contributed by atoms with E-state index in [4.69, 9.17) is 0 Å². The molecular formula is C17H18O2. The zero-order chi connectivity index (χ0) is 14.2. The number of Topliss-reactive ketones (excluding diaryl/α,β-unsaturated/α-hetero) is 2. The second kappa shape index (κ2) is 4.96. The third kappa shape index (κ3) is 2.43. The molecule has 2 heteroatoms. The van der Waals surface area contributed by atoms with Gasteiger partial charge in [-0.1, -0.05) is 6.92 Å². The SMILES string of the molecule is CCC1=CC(=C2C=C(C)C(=O)C(C)=C2)C=C(C)C1=O. The summed E-state index contributed by atoms with van der Waals surface area (Å²) < 4.78 is 0. The topological polar surface area (TPSA) is 34.1 Å². The van der Waals surface area contributed by atoms with Crippen LogP contribution < -0.4 is 0 Å². The molecule has 0 bridgehead atoms. The molecule has 2 rings (SSSR count). The van der Waals surface area contributed by atoms with Gasteiger partial charge < -0.3 is 0 Å². The fraction of sp³-hybridized carbons (Fsp3) is 0.294. The lowest BCUT2D eigenvalue weighted by atomic mass is 9.87. The highest BCUT2D eigenvalue weighted by Gasteiger charge is 2.19. The Labute approximate surface area is 113 Å². The Bertz CT molecular complexity index is 596. The van der Waals surface area contributed by atoms with Crippen LogP contribution in [0.2, 0.25) is 0 Å². The molecule has 0 fully saturated rings. The molecule has 0 saturated carbocycles. The number of ketones is 2. The lowest BCUT2D eigenvalue weighted by molar-refractivity contribution is -0.113. The fourth-order valence-corrected chi connectivity index (χ4v) is 2.39. The molecular weight excluding hydrogens is 236 g/mol. The van der Waals surface area contributed by atoms with Crippen LogP contribution >= 0.6 is 0 Å². The first-order valence-corrected chi connectivity index (χ1v) is 6.53. The summed E-state index contributed by atoms with van der Waals surface area (Å²) in [6, 6.07) is 0. The minimum absolute atomic E-state index is 0.0941. The van der Waals surface area contributed by atoms with E-state index in [2.05, 4.69) is 0 Å². The molecule has 0 radical (unpaired) electrons. The molecule has 2 aliphatic rings. The Hall–Kier alpha value is -1.96. The van der Waals surface area contributed by atoms with E-state index in [1.807, 2.05) is 52.0 Å². The summed E-state index contributed by atoms with van der Waals surface area (Å²) in [5, 5.41) is 0. The molecule has 0 aromatic rings. The van der Waals surface area contributed by atoms with Crippen LogP contribution in [-0.2, 0) is 9.59 Å². The van der Waals surface area contributed by atoms with Gasteiger partial charge in [0, 0.05) is 5.57 Å². The van der Waals surface area contributed by atoms with E-state index in [-0.39, 0.29) is 11.6 Å². The number of hydrogen-bond acceptors (Lipinski definition) is 2. The summed E-state index contributed by atoms with van der Waals surface area (Å²) >= 11 is 0. The molecule has 0 heterocycles. The van der Waals surface area contributed by atoms with E-state index in [1.165, 1.54) is 0 Å². The van der Waals surface area contributed by atoms with Gasteiger partial charge in [0.05, 0.1) is 0 Å². The van der Waals surface area contributed by atoms with Gasteiger partial charge in [0.1, 0.15) is 0 Å². The molecule has 0 unspecified atom stereocenters. The van der Waals surface area contributed by atoms with Crippen LogP contribution in [0.5, 0.6) is 0 Å². The van der Waals surface area contributed by atoms with Gasteiger partial charge in [0.15, 0.2) is 11.6 Å². The van der Waals surface area contributed by atoms with Crippen LogP contribution in [0.3, 0.4) is 0 Å². The molecule has 0 spiro atoms. The van der Waals surface area contributed by atoms with Gasteiger partial charge in [0.25, 0.3) is 0 Å². The predicted molar refractivity (Wildman–Crippen MR) is 76.7 cm³/mol. The Morgan fingerprint density at radius 3 is 1.63 bits per heavy atom. The predicted octanol–water partition coefficient (Wildman–Crippen LogP) is 3.62. The first-order valence-electron chi connectivity index (χ1n) is 6.53. The van der Waals surface area contributed by atoms with Crippen molar-refractivity contribution in [2.24, 2.45) is 0 Å². The summed E-state index contributed by atoms with van der Waals surface area (Å²) in [6.45, 7) is 7.48. The van der Waals surface area contributed by atoms with E-state index < -0.39 is 0 Å². The van der Waals surface area contributed by atoms with Crippen molar-refractivity contribution < 1.29 is 9.59 Å². The molecule has 0 amide bonds. The quantitative estimate of drug-likeness (QED) is 0.716. The number of rotatable bonds is 1. The summed E-state index contributed by atoms with van der Waals surface area (Å²) in [5.74, 6) is 0.219. The summed E-state index contributed by atoms with van der Waals surface area (Å²) in [6.07, 6.45) is 8.36. The van der Waals surface area contributed by atoms with E-state index in [9.17, 15) is 9.59 Å². The van der Waals surface area contributed by atoms with Crippen LogP contribution in [-0.4, -0.2) is 11.6 Å². The van der Waals surface area contributed by atoms with Crippen molar-refractivity contribution in [1.29, 1.82) is 0 Å². The van der Waals surface area contributed by atoms with Gasteiger partial charge >= 0.3 is 0 Å². The zero-order valence-corrected chi connectivity index (χ0v) is 11.8. The van der Waals surface area contributed by atoms with Crippen LogP contribution in [0.25, 0.3) is 0 Å². The Morgan fingerprint density at radius 2 is 1.16 bits per heavy atom. The maximum Gasteiger partial charge on any atom is 0.184 e. The van der Waals surface area contributed by atoms with E-state index in [0.29, 0.717) is 0 Å². The summed E-state index contributed by atoms with van der Waals surface area (Å²) in [4.78, 5) is 23.7. The third-order valence-electron chi connectivity index (χ3n) is 3.53. The van der Waals surface area contributed by atoms with E-state index in [0.717, 1.165) is 39.9 Å². The zero-order valence-electron chi connectivity index (χ0n) is 11.8. The van der Waals surface area contributed by atoms with Crippen LogP contribution in [0.1, 0.15) is 34.1 Å². The Balaban J connectivity index is 2.58. The van der Waals surface area contributed by atoms with E-state index >= 15 is 0 Å². The average Bonchev–Trinajstić information content (AvgIpc) is 2.38. The monoisotopic (exact) mass is 254 g/mol. The molecule has 0 N–H and O–H groups in total. The summed E-state index contributed by atoms with van der Waals surface area (Å²) in [5.41, 5.74) is 5.11. The number of carbonyl (C=O) groups excluding carboxylic acids is 2. The maximum absolute atomic E-state index is 11.9. The molecule has 98 valence electrons. The molecule has 2 aliphatic carbocycles. The standard InChI is InChI=1S/C17H18O2/c1-5-13-9-15(8-12(4)17(13)19)14-6-10(2)16(18)11(3)7-14/h6-9H,5H2,1-4H3. The van der Waals surface area contributed by atoms with Crippen molar-refractivity contribution in [2.45, 2.75) is 34.1 Å². The van der Waals surface area contributed by atoms with Gasteiger partial charge in [0.2, 0.25) is 0 Å². The summed E-state index contributed by atoms with van der Waals surface area (Å²) in [7, 11) is 0. The first-order chi connectivity index (χ1) is 8.93. The van der Waals surface area contributed by atoms with Crippen molar-refractivity contribution in [1.82, 2.24) is 0 Å². The minimum atomic E-state index is 0.0941. The van der Waals surface area contributed by atoms with Crippen molar-refractivity contribution in [3.8, 4) is 0 Å². The van der Waals surface area contributed by atoms with E-state index in [1.54, 1.807) is 0 Å². The Kier molecular flexibility index (Phi) is 3.52. The molecule has 0 aromatic carbocycles. The van der Waals surface area contributed by atoms with Crippen molar-refractivity contribution in [2.75, 3.05) is 0 Å². The van der Waals surface area contributed by atoms with Crippen LogP contribution in [0.4, 0.5) is 0 Å². The molecule has 0 saturated heterocycles. The molecule has 0 aromatic heterocycles. The van der Waals surface area contributed by atoms with Gasteiger partial charge in [-0.3, -0.25) is 9.59 Å². The van der Waals surface area contributed by atoms with Crippen molar-refractivity contribution >= 4 is 11.6 Å². The van der Waals surface area contributed by atoms with Gasteiger partial charge in [-0.15, -0.1) is 0 Å². The second-order valence-corrected chi connectivity index (χ2v) is 5.07. The third-order valence-corrected chi connectivity index (χ3v) is 3.53. The maximum atomic E-state index is 11.9. The molecule has 0 atom stereocenters.